The number of benzene rings is 3. The van der Waals surface area contributed by atoms with Crippen LogP contribution in [-0.2, 0) is 0 Å². The number of Topliss-reactive ketones (excluding diaryl/α,β-unsaturated/α-hetero) is 1. The molecule has 0 aliphatic rings. The largest absolute Gasteiger partial charge is 0.496 e. The van der Waals surface area contributed by atoms with Crippen LogP contribution in [0, 0.1) is 0 Å². The molecule has 3 aromatic carbocycles. The van der Waals surface area contributed by atoms with Gasteiger partial charge in [-0.2, -0.15) is 0 Å². The summed E-state index contributed by atoms with van der Waals surface area (Å²) in [6.07, 6.45) is 0. The Morgan fingerprint density at radius 2 is 1.42 bits per heavy atom. The van der Waals surface area contributed by atoms with Crippen molar-refractivity contribution in [1.82, 2.24) is 0 Å². The molecule has 0 aliphatic heterocycles. The van der Waals surface area contributed by atoms with Gasteiger partial charge in [-0.1, -0.05) is 0 Å². The lowest BCUT2D eigenvalue weighted by Crippen LogP contribution is -2.16. The number of hydrogen-bond donors (Lipinski definition) is 0. The highest BCUT2D eigenvalue weighted by Crippen LogP contribution is 2.39. The Kier molecular flexibility index (Phi) is 8.06. The normalized spacial score (nSPS) is 10.7. The topological polar surface area (TPSA) is 103 Å². The minimum Gasteiger partial charge on any atom is -0.496 e. The fraction of sp³-hybridized carbons (Fsp3) is 0.241. The third kappa shape index (κ3) is 5.36. The third-order valence-electron chi connectivity index (χ3n) is 5.85. The maximum absolute atomic E-state index is 13.7. The highest BCUT2D eigenvalue weighted by Gasteiger charge is 2.22. The van der Waals surface area contributed by atoms with Crippen molar-refractivity contribution in [2.45, 2.75) is 6.92 Å². The van der Waals surface area contributed by atoms with Gasteiger partial charge in [0.05, 0.1) is 28.4 Å². The van der Waals surface area contributed by atoms with Gasteiger partial charge >= 0.3 is 0 Å². The zero-order valence-electron chi connectivity index (χ0n) is 21.8. The van der Waals surface area contributed by atoms with E-state index in [1.807, 2.05) is 0 Å². The fourth-order valence-electron chi connectivity index (χ4n) is 3.91. The molecule has 0 amide bonds. The van der Waals surface area contributed by atoms with E-state index in [1.54, 1.807) is 54.6 Å². The van der Waals surface area contributed by atoms with Gasteiger partial charge in [0.15, 0.2) is 23.0 Å². The van der Waals surface area contributed by atoms with Gasteiger partial charge in [0.1, 0.15) is 41.4 Å². The number of carbonyl (C=O) groups is 1. The molecule has 0 radical (unpaired) electrons. The summed E-state index contributed by atoms with van der Waals surface area (Å²) in [6.45, 7) is 1.69. The summed E-state index contributed by atoms with van der Waals surface area (Å²) in [4.78, 5) is 25.2. The van der Waals surface area contributed by atoms with E-state index in [4.69, 9.17) is 32.8 Å². The monoisotopic (exact) mass is 520 g/mol. The van der Waals surface area contributed by atoms with E-state index in [0.29, 0.717) is 39.9 Å². The van der Waals surface area contributed by atoms with Crippen LogP contribution in [0.5, 0.6) is 34.5 Å². The van der Waals surface area contributed by atoms with Crippen LogP contribution in [0.25, 0.3) is 22.3 Å². The van der Waals surface area contributed by atoms with Gasteiger partial charge in [0.25, 0.3) is 0 Å². The van der Waals surface area contributed by atoms with Crippen LogP contribution in [0.1, 0.15) is 17.3 Å². The van der Waals surface area contributed by atoms with E-state index in [9.17, 15) is 9.59 Å². The van der Waals surface area contributed by atoms with E-state index < -0.39 is 5.43 Å². The van der Waals surface area contributed by atoms with E-state index in [1.165, 1.54) is 35.4 Å². The van der Waals surface area contributed by atoms with Crippen molar-refractivity contribution in [2.75, 3.05) is 41.7 Å². The molecular formula is C29H28O9. The van der Waals surface area contributed by atoms with Crippen LogP contribution in [-0.4, -0.2) is 47.4 Å². The van der Waals surface area contributed by atoms with E-state index in [0.717, 1.165) is 0 Å². The predicted molar refractivity (Wildman–Crippen MR) is 142 cm³/mol. The average Bonchev–Trinajstić information content (AvgIpc) is 2.95. The Bertz CT molecular complexity index is 1500. The van der Waals surface area contributed by atoms with Crippen molar-refractivity contribution >= 4 is 16.8 Å². The van der Waals surface area contributed by atoms with Crippen molar-refractivity contribution in [3.8, 4) is 45.8 Å². The molecule has 0 atom stereocenters. The first-order valence-electron chi connectivity index (χ1n) is 11.7. The molecule has 0 N–H and O–H groups in total. The van der Waals surface area contributed by atoms with Crippen LogP contribution in [0.3, 0.4) is 0 Å². The molecule has 0 spiro atoms. The molecular weight excluding hydrogens is 492 g/mol. The molecule has 4 rings (SSSR count). The molecule has 198 valence electrons. The summed E-state index contributed by atoms with van der Waals surface area (Å²) in [5, 5.41) is 0.216. The molecule has 0 saturated carbocycles. The minimum absolute atomic E-state index is 0.0104. The Balaban J connectivity index is 1.72. The van der Waals surface area contributed by atoms with Crippen molar-refractivity contribution < 1.29 is 37.6 Å². The van der Waals surface area contributed by atoms with Gasteiger partial charge in [-0.05, 0) is 49.4 Å². The van der Waals surface area contributed by atoms with Gasteiger partial charge in [0.2, 0.25) is 11.2 Å². The zero-order valence-corrected chi connectivity index (χ0v) is 21.8. The van der Waals surface area contributed by atoms with Crippen LogP contribution >= 0.6 is 0 Å². The predicted octanol–water partition coefficient (Wildman–Crippen LogP) is 5.15. The number of rotatable bonds is 11. The molecule has 1 aromatic heterocycles. The fourth-order valence-corrected chi connectivity index (χ4v) is 3.91. The summed E-state index contributed by atoms with van der Waals surface area (Å²) in [5.74, 6) is 2.46. The summed E-state index contributed by atoms with van der Waals surface area (Å²) in [6, 6.07) is 15.1. The van der Waals surface area contributed by atoms with Crippen molar-refractivity contribution in [2.24, 2.45) is 0 Å². The number of carbonyl (C=O) groups excluding carboxylic acids is 1. The lowest BCUT2D eigenvalue weighted by molar-refractivity contribution is 0.101. The number of methoxy groups -OCH3 is 4. The molecule has 9 nitrogen and oxygen atoms in total. The maximum Gasteiger partial charge on any atom is 0.239 e. The standard InChI is InChI=1S/C29H28O9/c1-17(30)18-6-9-20(10-7-18)36-12-13-37-29-27(31)26-24(35-5)15-21(32-2)16-25(26)38-28(29)19-8-11-22(33-3)23(14-19)34-4/h6-11,14-16H,12-13H2,1-5H3. The van der Waals surface area contributed by atoms with Gasteiger partial charge < -0.3 is 32.8 Å². The lowest BCUT2D eigenvalue weighted by Gasteiger charge is -2.15. The second kappa shape index (κ2) is 11.6. The highest BCUT2D eigenvalue weighted by atomic mass is 16.5. The van der Waals surface area contributed by atoms with E-state index >= 15 is 0 Å². The molecule has 0 aliphatic carbocycles. The van der Waals surface area contributed by atoms with Gasteiger partial charge in [-0.15, -0.1) is 0 Å². The first-order chi connectivity index (χ1) is 18.4. The van der Waals surface area contributed by atoms with Crippen molar-refractivity contribution in [1.29, 1.82) is 0 Å². The summed E-state index contributed by atoms with van der Waals surface area (Å²) >= 11 is 0. The molecule has 0 fully saturated rings. The van der Waals surface area contributed by atoms with Gasteiger partial charge in [0, 0.05) is 23.3 Å². The second-order valence-corrected chi connectivity index (χ2v) is 8.14. The van der Waals surface area contributed by atoms with E-state index in [2.05, 4.69) is 0 Å². The molecule has 0 unspecified atom stereocenters. The second-order valence-electron chi connectivity index (χ2n) is 8.14. The first-order valence-corrected chi connectivity index (χ1v) is 11.7. The molecule has 9 heteroatoms. The van der Waals surface area contributed by atoms with Crippen LogP contribution in [0.15, 0.2) is 63.8 Å². The van der Waals surface area contributed by atoms with Gasteiger partial charge in [-0.3, -0.25) is 9.59 Å². The van der Waals surface area contributed by atoms with Crippen molar-refractivity contribution in [3.05, 3.63) is 70.4 Å². The number of ether oxygens (including phenoxy) is 6. The molecule has 38 heavy (non-hydrogen) atoms. The SMILES string of the molecule is COc1cc(OC)c2c(=O)c(OCCOc3ccc(C(C)=O)cc3)c(-c3ccc(OC)c(OC)c3)oc2c1. The summed E-state index contributed by atoms with van der Waals surface area (Å²) < 4.78 is 39.5. The summed E-state index contributed by atoms with van der Waals surface area (Å²) in [7, 11) is 6.03. The Morgan fingerprint density at radius 3 is 2.05 bits per heavy atom. The smallest absolute Gasteiger partial charge is 0.239 e. The molecule has 1 heterocycles. The van der Waals surface area contributed by atoms with Crippen molar-refractivity contribution in [3.63, 3.8) is 0 Å². The molecule has 0 saturated heterocycles. The highest BCUT2D eigenvalue weighted by molar-refractivity contribution is 5.94. The van der Waals surface area contributed by atoms with Crippen LogP contribution in [0.2, 0.25) is 0 Å². The number of fused-ring (bicyclic) bond motifs is 1. The first kappa shape index (κ1) is 26.4. The minimum atomic E-state index is -0.415. The number of hydrogen-bond acceptors (Lipinski definition) is 9. The lowest BCUT2D eigenvalue weighted by atomic mass is 10.1. The van der Waals surface area contributed by atoms with Crippen LogP contribution in [0.4, 0.5) is 0 Å². The zero-order chi connectivity index (χ0) is 27.2. The number of ketones is 1. The molecule has 0 bridgehead atoms. The Hall–Kier alpha value is -4.66. The third-order valence-corrected chi connectivity index (χ3v) is 5.85. The average molecular weight is 521 g/mol. The Morgan fingerprint density at radius 1 is 0.737 bits per heavy atom. The summed E-state index contributed by atoms with van der Waals surface area (Å²) in [5.41, 5.74) is 0.984. The van der Waals surface area contributed by atoms with Crippen LogP contribution < -0.4 is 33.8 Å². The molecule has 4 aromatic rings. The van der Waals surface area contributed by atoms with E-state index in [-0.39, 0.29) is 41.5 Å². The maximum atomic E-state index is 13.7. The Labute approximate surface area is 219 Å². The van der Waals surface area contributed by atoms with Gasteiger partial charge in [-0.25, -0.2) is 0 Å². The quantitative estimate of drug-likeness (QED) is 0.196.